The van der Waals surface area contributed by atoms with Gasteiger partial charge in [0.1, 0.15) is 23.4 Å². The standard InChI is InChI=1S/C26H35NO7/c1-16(2)11-12-19-25(3,34-19)22-21(30-4)18(13-14-26(22)15-32-26)33-24(29)27-20(23(28)31-5)17-9-7-6-8-10-17/h6-11,18-22H,12-15H2,1-5H3,(H,27,29)/t18-,19-,20-,21-,22-,25-,26+/m1/s1. The van der Waals surface area contributed by atoms with E-state index in [-0.39, 0.29) is 17.6 Å². The first-order chi connectivity index (χ1) is 16.2. The Balaban J connectivity index is 1.47. The van der Waals surface area contributed by atoms with Gasteiger partial charge in [-0.1, -0.05) is 42.0 Å². The molecule has 1 aromatic carbocycles. The minimum atomic E-state index is -0.963. The van der Waals surface area contributed by atoms with Gasteiger partial charge in [-0.3, -0.25) is 0 Å². The van der Waals surface area contributed by atoms with Crippen molar-refractivity contribution in [2.75, 3.05) is 20.8 Å². The van der Waals surface area contributed by atoms with Gasteiger partial charge in [0.2, 0.25) is 0 Å². The van der Waals surface area contributed by atoms with Gasteiger partial charge in [0.05, 0.1) is 25.7 Å². The molecule has 8 nitrogen and oxygen atoms in total. The Bertz CT molecular complexity index is 924. The van der Waals surface area contributed by atoms with E-state index in [0.717, 1.165) is 12.8 Å². The van der Waals surface area contributed by atoms with Crippen molar-refractivity contribution in [3.63, 3.8) is 0 Å². The molecule has 1 saturated carbocycles. The Morgan fingerprint density at radius 1 is 1.24 bits per heavy atom. The summed E-state index contributed by atoms with van der Waals surface area (Å²) < 4.78 is 28.8. The molecule has 2 heterocycles. The second-order valence-corrected chi connectivity index (χ2v) is 9.83. The molecule has 8 heteroatoms. The Hall–Kier alpha value is -2.42. The van der Waals surface area contributed by atoms with Crippen LogP contribution in [0.1, 0.15) is 51.6 Å². The van der Waals surface area contributed by atoms with E-state index < -0.39 is 35.9 Å². The van der Waals surface area contributed by atoms with Crippen molar-refractivity contribution in [2.45, 2.75) is 75.6 Å². The van der Waals surface area contributed by atoms with Crippen molar-refractivity contribution in [1.82, 2.24) is 5.32 Å². The van der Waals surface area contributed by atoms with Crippen LogP contribution in [-0.2, 0) is 28.5 Å². The molecule has 4 rings (SSSR count). The topological polar surface area (TPSA) is 98.9 Å². The molecule has 3 fully saturated rings. The van der Waals surface area contributed by atoms with E-state index in [1.165, 1.54) is 12.7 Å². The molecule has 2 aliphatic heterocycles. The lowest BCUT2D eigenvalue weighted by Gasteiger charge is -2.42. The molecule has 0 unspecified atom stereocenters. The average Bonchev–Trinajstić information content (AvgIpc) is 3.74. The smallest absolute Gasteiger partial charge is 0.408 e. The Kier molecular flexibility index (Phi) is 7.03. The van der Waals surface area contributed by atoms with Gasteiger partial charge < -0.3 is 29.0 Å². The number of allylic oxidation sites excluding steroid dienone is 1. The highest BCUT2D eigenvalue weighted by molar-refractivity contribution is 5.82. The molecule has 3 aliphatic rings. The fraction of sp³-hybridized carbons (Fsp3) is 0.615. The van der Waals surface area contributed by atoms with Gasteiger partial charge in [-0.15, -0.1) is 0 Å². The van der Waals surface area contributed by atoms with Crippen LogP contribution in [-0.4, -0.2) is 62.4 Å². The lowest BCUT2D eigenvalue weighted by Crippen LogP contribution is -2.56. The van der Waals surface area contributed by atoms with Gasteiger partial charge in [0.25, 0.3) is 0 Å². The molecule has 0 radical (unpaired) electrons. The molecule has 7 atom stereocenters. The van der Waals surface area contributed by atoms with E-state index in [1.807, 2.05) is 6.07 Å². The summed E-state index contributed by atoms with van der Waals surface area (Å²) in [6, 6.07) is 7.97. The number of hydrogen-bond donors (Lipinski definition) is 1. The number of methoxy groups -OCH3 is 2. The SMILES string of the molecule is COC(=O)[C@H](NC(=O)O[C@@H]1CC[C@]2(CO2)[C@@H]([C@]2(C)O[C@@H]2CC=C(C)C)[C@@H]1OC)c1ccccc1. The van der Waals surface area contributed by atoms with Gasteiger partial charge in [-0.25, -0.2) is 9.59 Å². The zero-order chi connectivity index (χ0) is 24.5. The van der Waals surface area contributed by atoms with Gasteiger partial charge in [0, 0.05) is 7.11 Å². The molecule has 1 aliphatic carbocycles. The predicted octanol–water partition coefficient (Wildman–Crippen LogP) is 3.70. The molecular formula is C26H35NO7. The normalized spacial score (nSPS) is 34.6. The first-order valence-electron chi connectivity index (χ1n) is 11.8. The van der Waals surface area contributed by atoms with Crippen LogP contribution in [0.25, 0.3) is 0 Å². The van der Waals surface area contributed by atoms with Crippen LogP contribution in [0.4, 0.5) is 4.79 Å². The fourth-order valence-electron chi connectivity index (χ4n) is 5.40. The molecule has 0 bridgehead atoms. The van der Waals surface area contributed by atoms with Crippen molar-refractivity contribution in [3.8, 4) is 0 Å². The zero-order valence-corrected chi connectivity index (χ0v) is 20.5. The van der Waals surface area contributed by atoms with Crippen molar-refractivity contribution in [3.05, 3.63) is 47.5 Å². The second kappa shape index (κ2) is 9.68. The maximum absolute atomic E-state index is 12.9. The predicted molar refractivity (Wildman–Crippen MR) is 124 cm³/mol. The summed E-state index contributed by atoms with van der Waals surface area (Å²) in [5, 5.41) is 2.66. The molecule has 0 aromatic heterocycles. The number of carbonyl (C=O) groups excluding carboxylic acids is 2. The summed E-state index contributed by atoms with van der Waals surface area (Å²) in [5.41, 5.74) is 1.14. The van der Waals surface area contributed by atoms with Crippen LogP contribution in [0.3, 0.4) is 0 Å². The van der Waals surface area contributed by atoms with E-state index in [1.54, 1.807) is 31.4 Å². The van der Waals surface area contributed by atoms with E-state index in [0.29, 0.717) is 18.6 Å². The minimum absolute atomic E-state index is 0.0699. The summed E-state index contributed by atoms with van der Waals surface area (Å²) >= 11 is 0. The zero-order valence-electron chi connectivity index (χ0n) is 20.5. The summed E-state index contributed by atoms with van der Waals surface area (Å²) in [6.45, 7) is 6.90. The lowest BCUT2D eigenvalue weighted by atomic mass is 9.68. The molecule has 1 spiro atoms. The third kappa shape index (κ3) is 4.85. The Morgan fingerprint density at radius 2 is 1.94 bits per heavy atom. The van der Waals surface area contributed by atoms with Gasteiger partial charge in [-0.2, -0.15) is 0 Å². The summed E-state index contributed by atoms with van der Waals surface area (Å²) in [5.74, 6) is -0.642. The average molecular weight is 474 g/mol. The van der Waals surface area contributed by atoms with E-state index in [9.17, 15) is 9.59 Å². The molecule has 34 heavy (non-hydrogen) atoms. The second-order valence-electron chi connectivity index (χ2n) is 9.83. The Morgan fingerprint density at radius 3 is 2.53 bits per heavy atom. The van der Waals surface area contributed by atoms with Crippen molar-refractivity contribution in [2.24, 2.45) is 5.92 Å². The highest BCUT2D eigenvalue weighted by atomic mass is 16.6. The first kappa shape index (κ1) is 24.7. The van der Waals surface area contributed by atoms with Crippen LogP contribution in [0, 0.1) is 5.92 Å². The number of alkyl carbamates (subject to hydrolysis) is 1. The number of nitrogens with one attached hydrogen (secondary N) is 1. The third-order valence-corrected chi connectivity index (χ3v) is 7.33. The van der Waals surface area contributed by atoms with E-state index in [4.69, 9.17) is 23.7 Å². The number of rotatable bonds is 8. The molecular weight excluding hydrogens is 438 g/mol. The third-order valence-electron chi connectivity index (χ3n) is 7.33. The molecule has 186 valence electrons. The molecule has 2 saturated heterocycles. The van der Waals surface area contributed by atoms with Gasteiger partial charge >= 0.3 is 12.1 Å². The number of benzene rings is 1. The van der Waals surface area contributed by atoms with Crippen LogP contribution >= 0.6 is 0 Å². The lowest BCUT2D eigenvalue weighted by molar-refractivity contribution is -0.143. The van der Waals surface area contributed by atoms with Gasteiger partial charge in [0.15, 0.2) is 6.04 Å². The first-order valence-corrected chi connectivity index (χ1v) is 11.8. The molecule has 1 aromatic rings. The number of amides is 1. The highest BCUT2D eigenvalue weighted by Crippen LogP contribution is 2.59. The number of ether oxygens (including phenoxy) is 5. The number of hydrogen-bond acceptors (Lipinski definition) is 7. The van der Waals surface area contributed by atoms with Crippen LogP contribution in [0.15, 0.2) is 42.0 Å². The summed E-state index contributed by atoms with van der Waals surface area (Å²) in [7, 11) is 2.92. The van der Waals surface area contributed by atoms with Crippen molar-refractivity contribution >= 4 is 12.1 Å². The summed E-state index contributed by atoms with van der Waals surface area (Å²) in [6.07, 6.45) is 2.85. The molecule has 1 amide bonds. The van der Waals surface area contributed by atoms with Crippen molar-refractivity contribution < 1.29 is 33.3 Å². The summed E-state index contributed by atoms with van der Waals surface area (Å²) in [4.78, 5) is 25.2. The van der Waals surface area contributed by atoms with Crippen LogP contribution in [0.2, 0.25) is 0 Å². The number of esters is 1. The number of carbonyl (C=O) groups is 2. The maximum Gasteiger partial charge on any atom is 0.408 e. The van der Waals surface area contributed by atoms with E-state index >= 15 is 0 Å². The molecule has 1 N–H and O–H groups in total. The largest absolute Gasteiger partial charge is 0.467 e. The van der Waals surface area contributed by atoms with Crippen molar-refractivity contribution in [1.29, 1.82) is 0 Å². The highest BCUT2D eigenvalue weighted by Gasteiger charge is 2.72. The van der Waals surface area contributed by atoms with Crippen LogP contribution in [0.5, 0.6) is 0 Å². The maximum atomic E-state index is 12.9. The fourth-order valence-corrected chi connectivity index (χ4v) is 5.40. The monoisotopic (exact) mass is 473 g/mol. The van der Waals surface area contributed by atoms with E-state index in [2.05, 4.69) is 32.2 Å². The minimum Gasteiger partial charge on any atom is -0.467 e. The quantitative estimate of drug-likeness (QED) is 0.349. The van der Waals surface area contributed by atoms with Gasteiger partial charge in [-0.05, 0) is 45.6 Å². The Labute approximate surface area is 200 Å². The van der Waals surface area contributed by atoms with Crippen LogP contribution < -0.4 is 5.32 Å². The number of epoxide rings is 2.